The van der Waals surface area contributed by atoms with E-state index < -0.39 is 0 Å². The molecule has 2 aliphatic rings. The van der Waals surface area contributed by atoms with Crippen molar-refractivity contribution in [1.82, 2.24) is 10.2 Å². The molecule has 0 spiro atoms. The molecule has 114 valence electrons. The Labute approximate surface area is 126 Å². The number of ether oxygens (including phenoxy) is 1. The predicted molar refractivity (Wildman–Crippen MR) is 81.9 cm³/mol. The van der Waals surface area contributed by atoms with E-state index in [0.29, 0.717) is 25.1 Å². The Balaban J connectivity index is 1.64. The van der Waals surface area contributed by atoms with Crippen LogP contribution in [0.2, 0.25) is 0 Å². The molecule has 3 atom stereocenters. The van der Waals surface area contributed by atoms with Crippen molar-refractivity contribution in [3.8, 4) is 0 Å². The standard InChI is InChI=1S/C17H24N2O2/c1-13-11-15(7-8-18-13)17(20)19-9-10-21-16(12-19)14-5-3-2-4-6-14/h2-6,13,15-16,18H,7-12H2,1H3. The van der Waals surface area contributed by atoms with Gasteiger partial charge in [-0.1, -0.05) is 30.3 Å². The molecule has 0 saturated carbocycles. The highest BCUT2D eigenvalue weighted by atomic mass is 16.5. The molecule has 1 aromatic rings. The highest BCUT2D eigenvalue weighted by Crippen LogP contribution is 2.25. The minimum absolute atomic E-state index is 0.0167. The van der Waals surface area contributed by atoms with Crippen LogP contribution >= 0.6 is 0 Å². The van der Waals surface area contributed by atoms with E-state index in [1.807, 2.05) is 23.1 Å². The SMILES string of the molecule is CC1CC(C(=O)N2CCOC(c3ccccc3)C2)CCN1. The smallest absolute Gasteiger partial charge is 0.225 e. The molecule has 2 saturated heterocycles. The van der Waals surface area contributed by atoms with Crippen molar-refractivity contribution >= 4 is 5.91 Å². The maximum Gasteiger partial charge on any atom is 0.225 e. The number of carbonyl (C=O) groups excluding carboxylic acids is 1. The number of piperidine rings is 1. The lowest BCUT2D eigenvalue weighted by atomic mass is 9.91. The fraction of sp³-hybridized carbons (Fsp3) is 0.588. The predicted octanol–water partition coefficient (Wildman–Crippen LogP) is 1.97. The topological polar surface area (TPSA) is 41.6 Å². The Morgan fingerprint density at radius 3 is 2.90 bits per heavy atom. The molecule has 0 bridgehead atoms. The fourth-order valence-electron chi connectivity index (χ4n) is 3.33. The van der Waals surface area contributed by atoms with Gasteiger partial charge in [0.1, 0.15) is 6.10 Å². The second-order valence-corrected chi connectivity index (χ2v) is 6.13. The van der Waals surface area contributed by atoms with Gasteiger partial charge in [-0.2, -0.15) is 0 Å². The van der Waals surface area contributed by atoms with Gasteiger partial charge in [-0.05, 0) is 31.9 Å². The van der Waals surface area contributed by atoms with Crippen LogP contribution in [0.25, 0.3) is 0 Å². The van der Waals surface area contributed by atoms with E-state index in [-0.39, 0.29) is 12.0 Å². The second-order valence-electron chi connectivity index (χ2n) is 6.13. The summed E-state index contributed by atoms with van der Waals surface area (Å²) in [7, 11) is 0. The Bertz CT molecular complexity index is 477. The quantitative estimate of drug-likeness (QED) is 0.904. The van der Waals surface area contributed by atoms with Gasteiger partial charge in [-0.25, -0.2) is 0 Å². The summed E-state index contributed by atoms with van der Waals surface area (Å²) in [5.41, 5.74) is 1.16. The van der Waals surface area contributed by atoms with Crippen molar-refractivity contribution in [2.75, 3.05) is 26.2 Å². The molecule has 21 heavy (non-hydrogen) atoms. The number of hydrogen-bond donors (Lipinski definition) is 1. The van der Waals surface area contributed by atoms with Crippen LogP contribution in [0.4, 0.5) is 0 Å². The lowest BCUT2D eigenvalue weighted by Crippen LogP contribution is -2.48. The van der Waals surface area contributed by atoms with Crippen molar-refractivity contribution in [3.63, 3.8) is 0 Å². The monoisotopic (exact) mass is 288 g/mol. The van der Waals surface area contributed by atoms with Gasteiger partial charge in [-0.3, -0.25) is 4.79 Å². The van der Waals surface area contributed by atoms with Crippen molar-refractivity contribution in [2.45, 2.75) is 31.9 Å². The van der Waals surface area contributed by atoms with E-state index in [4.69, 9.17) is 4.74 Å². The van der Waals surface area contributed by atoms with Crippen molar-refractivity contribution in [3.05, 3.63) is 35.9 Å². The molecular weight excluding hydrogens is 264 g/mol. The van der Waals surface area contributed by atoms with Crippen molar-refractivity contribution in [2.24, 2.45) is 5.92 Å². The van der Waals surface area contributed by atoms with Gasteiger partial charge in [0.25, 0.3) is 0 Å². The van der Waals surface area contributed by atoms with Crippen LogP contribution in [-0.2, 0) is 9.53 Å². The van der Waals surface area contributed by atoms with Gasteiger partial charge in [0.2, 0.25) is 5.91 Å². The minimum Gasteiger partial charge on any atom is -0.370 e. The summed E-state index contributed by atoms with van der Waals surface area (Å²) >= 11 is 0. The molecule has 0 aromatic heterocycles. The first-order valence-corrected chi connectivity index (χ1v) is 7.93. The molecule has 1 N–H and O–H groups in total. The molecule has 2 heterocycles. The number of benzene rings is 1. The van der Waals surface area contributed by atoms with Gasteiger partial charge < -0.3 is 15.0 Å². The zero-order valence-electron chi connectivity index (χ0n) is 12.6. The summed E-state index contributed by atoms with van der Waals surface area (Å²) in [5, 5.41) is 3.41. The normalized spacial score (nSPS) is 30.1. The zero-order valence-corrected chi connectivity index (χ0v) is 12.6. The van der Waals surface area contributed by atoms with E-state index in [2.05, 4.69) is 24.4 Å². The number of hydrogen-bond acceptors (Lipinski definition) is 3. The number of nitrogens with one attached hydrogen (secondary N) is 1. The van der Waals surface area contributed by atoms with Gasteiger partial charge in [0.15, 0.2) is 0 Å². The molecule has 2 aliphatic heterocycles. The van der Waals surface area contributed by atoms with E-state index in [9.17, 15) is 4.79 Å². The molecule has 4 heteroatoms. The van der Waals surface area contributed by atoms with Crippen LogP contribution in [-0.4, -0.2) is 43.1 Å². The molecule has 1 aromatic carbocycles. The molecule has 3 rings (SSSR count). The summed E-state index contributed by atoms with van der Waals surface area (Å²) in [6.45, 7) is 5.14. The van der Waals surface area contributed by atoms with E-state index in [0.717, 1.165) is 31.5 Å². The Morgan fingerprint density at radius 1 is 1.33 bits per heavy atom. The summed E-state index contributed by atoms with van der Waals surface area (Å²) in [6.07, 6.45) is 1.92. The summed E-state index contributed by atoms with van der Waals surface area (Å²) in [5.74, 6) is 0.489. The van der Waals surface area contributed by atoms with E-state index in [1.54, 1.807) is 0 Å². The average molecular weight is 288 g/mol. The Kier molecular flexibility index (Phi) is 4.56. The first kappa shape index (κ1) is 14.5. The highest BCUT2D eigenvalue weighted by molar-refractivity contribution is 5.79. The second kappa shape index (κ2) is 6.58. The maximum absolute atomic E-state index is 12.7. The average Bonchev–Trinajstić information content (AvgIpc) is 2.55. The number of amides is 1. The third-order valence-electron chi connectivity index (χ3n) is 4.52. The summed E-state index contributed by atoms with van der Waals surface area (Å²) in [6, 6.07) is 10.6. The van der Waals surface area contributed by atoms with Crippen LogP contribution < -0.4 is 5.32 Å². The van der Waals surface area contributed by atoms with E-state index >= 15 is 0 Å². The Hall–Kier alpha value is -1.39. The van der Waals surface area contributed by atoms with Crippen LogP contribution in [0.3, 0.4) is 0 Å². The number of morpholine rings is 1. The Morgan fingerprint density at radius 2 is 2.14 bits per heavy atom. The molecule has 0 aliphatic carbocycles. The van der Waals surface area contributed by atoms with Crippen LogP contribution in [0.1, 0.15) is 31.4 Å². The van der Waals surface area contributed by atoms with Gasteiger partial charge >= 0.3 is 0 Å². The van der Waals surface area contributed by atoms with Crippen LogP contribution in [0.5, 0.6) is 0 Å². The van der Waals surface area contributed by atoms with Gasteiger partial charge in [-0.15, -0.1) is 0 Å². The first-order valence-electron chi connectivity index (χ1n) is 7.93. The number of carbonyl (C=O) groups is 1. The van der Waals surface area contributed by atoms with Gasteiger partial charge in [0.05, 0.1) is 13.2 Å². The third-order valence-corrected chi connectivity index (χ3v) is 4.52. The number of nitrogens with zero attached hydrogens (tertiary/aromatic N) is 1. The molecule has 2 fully saturated rings. The number of rotatable bonds is 2. The van der Waals surface area contributed by atoms with Crippen LogP contribution in [0, 0.1) is 5.92 Å². The molecule has 1 amide bonds. The third kappa shape index (κ3) is 3.44. The summed E-state index contributed by atoms with van der Waals surface area (Å²) < 4.78 is 5.85. The molecule has 0 radical (unpaired) electrons. The lowest BCUT2D eigenvalue weighted by Gasteiger charge is -2.37. The van der Waals surface area contributed by atoms with Gasteiger partial charge in [0, 0.05) is 18.5 Å². The zero-order chi connectivity index (χ0) is 14.7. The minimum atomic E-state index is 0.0167. The summed E-state index contributed by atoms with van der Waals surface area (Å²) in [4.78, 5) is 14.7. The van der Waals surface area contributed by atoms with Crippen LogP contribution in [0.15, 0.2) is 30.3 Å². The van der Waals surface area contributed by atoms with Crippen molar-refractivity contribution in [1.29, 1.82) is 0 Å². The first-order chi connectivity index (χ1) is 10.2. The fourth-order valence-corrected chi connectivity index (χ4v) is 3.33. The lowest BCUT2D eigenvalue weighted by molar-refractivity contribution is -0.144. The molecular formula is C17H24N2O2. The molecule has 4 nitrogen and oxygen atoms in total. The largest absolute Gasteiger partial charge is 0.370 e. The van der Waals surface area contributed by atoms with Crippen molar-refractivity contribution < 1.29 is 9.53 Å². The molecule has 3 unspecified atom stereocenters. The maximum atomic E-state index is 12.7. The highest BCUT2D eigenvalue weighted by Gasteiger charge is 2.32. The van der Waals surface area contributed by atoms with E-state index in [1.165, 1.54) is 0 Å².